The maximum Gasteiger partial charge on any atom is 0.223 e. The average molecular weight is 310 g/mol. The van der Waals surface area contributed by atoms with Crippen molar-refractivity contribution < 1.29 is 9.90 Å². The number of rotatable bonds is 8. The monoisotopic (exact) mass is 310 g/mol. The van der Waals surface area contributed by atoms with Gasteiger partial charge in [-0.1, -0.05) is 6.07 Å². The Bertz CT molecular complexity index is 400. The number of thiophene rings is 1. The molecule has 1 aliphatic rings. The van der Waals surface area contributed by atoms with Gasteiger partial charge in [-0.3, -0.25) is 4.79 Å². The summed E-state index contributed by atoms with van der Waals surface area (Å²) in [7, 11) is 0. The Kier molecular flexibility index (Phi) is 7.19. The summed E-state index contributed by atoms with van der Waals surface area (Å²) < 4.78 is 0. The molecular weight excluding hydrogens is 284 g/mol. The largest absolute Gasteiger partial charge is 0.396 e. The molecule has 0 aromatic carbocycles. The van der Waals surface area contributed by atoms with Gasteiger partial charge in [0.25, 0.3) is 0 Å². The van der Waals surface area contributed by atoms with E-state index >= 15 is 0 Å². The van der Waals surface area contributed by atoms with Crippen molar-refractivity contribution in [3.05, 3.63) is 22.4 Å². The SMILES string of the molecule is O=C(NCCc1cccs1)C1CCN(CCCCO)CC1. The van der Waals surface area contributed by atoms with Crippen molar-refractivity contribution in [3.8, 4) is 0 Å². The third kappa shape index (κ3) is 5.77. The normalized spacial score (nSPS) is 17.0. The quantitative estimate of drug-likeness (QED) is 0.721. The first kappa shape index (κ1) is 16.5. The van der Waals surface area contributed by atoms with Crippen LogP contribution in [0.4, 0.5) is 0 Å². The smallest absolute Gasteiger partial charge is 0.223 e. The second-order valence-electron chi connectivity index (χ2n) is 5.67. The number of unbranched alkanes of at least 4 members (excludes halogenated alkanes) is 1. The Morgan fingerprint density at radius 2 is 2.19 bits per heavy atom. The maximum atomic E-state index is 12.1. The second kappa shape index (κ2) is 9.18. The van der Waals surface area contributed by atoms with E-state index in [0.717, 1.165) is 58.3 Å². The van der Waals surface area contributed by atoms with Crippen molar-refractivity contribution in [1.82, 2.24) is 10.2 Å². The summed E-state index contributed by atoms with van der Waals surface area (Å²) in [5, 5.41) is 13.9. The molecule has 1 aliphatic heterocycles. The van der Waals surface area contributed by atoms with Crippen LogP contribution in [-0.2, 0) is 11.2 Å². The molecule has 1 amide bonds. The number of aliphatic hydroxyl groups is 1. The number of nitrogens with zero attached hydrogens (tertiary/aromatic N) is 1. The van der Waals surface area contributed by atoms with Crippen LogP contribution < -0.4 is 5.32 Å². The molecule has 0 saturated carbocycles. The molecule has 1 aromatic heterocycles. The van der Waals surface area contributed by atoms with Crippen LogP contribution in [0.5, 0.6) is 0 Å². The molecule has 0 unspecified atom stereocenters. The van der Waals surface area contributed by atoms with Crippen LogP contribution in [0.25, 0.3) is 0 Å². The molecule has 4 nitrogen and oxygen atoms in total. The summed E-state index contributed by atoms with van der Waals surface area (Å²) in [4.78, 5) is 15.9. The minimum atomic E-state index is 0.183. The summed E-state index contributed by atoms with van der Waals surface area (Å²) >= 11 is 1.74. The van der Waals surface area contributed by atoms with Crippen molar-refractivity contribution in [1.29, 1.82) is 0 Å². The number of carbonyl (C=O) groups excluding carboxylic acids is 1. The molecule has 1 saturated heterocycles. The first-order chi connectivity index (χ1) is 10.3. The van der Waals surface area contributed by atoms with E-state index in [9.17, 15) is 4.79 Å². The number of aliphatic hydroxyl groups excluding tert-OH is 1. The number of hydrogen-bond acceptors (Lipinski definition) is 4. The van der Waals surface area contributed by atoms with E-state index in [2.05, 4.69) is 21.7 Å². The van der Waals surface area contributed by atoms with Crippen molar-refractivity contribution in [2.24, 2.45) is 5.92 Å². The van der Waals surface area contributed by atoms with Crippen LogP contribution in [0.15, 0.2) is 17.5 Å². The lowest BCUT2D eigenvalue weighted by atomic mass is 9.95. The number of hydrogen-bond donors (Lipinski definition) is 2. The molecule has 0 spiro atoms. The van der Waals surface area contributed by atoms with E-state index in [-0.39, 0.29) is 18.4 Å². The fourth-order valence-corrected chi connectivity index (χ4v) is 3.48. The second-order valence-corrected chi connectivity index (χ2v) is 6.70. The third-order valence-corrected chi connectivity index (χ3v) is 5.03. The van der Waals surface area contributed by atoms with Crippen LogP contribution in [0.3, 0.4) is 0 Å². The third-order valence-electron chi connectivity index (χ3n) is 4.09. The zero-order valence-electron chi connectivity index (χ0n) is 12.6. The minimum absolute atomic E-state index is 0.183. The molecule has 1 fully saturated rings. The highest BCUT2D eigenvalue weighted by atomic mass is 32.1. The van der Waals surface area contributed by atoms with Crippen molar-refractivity contribution in [3.63, 3.8) is 0 Å². The molecule has 0 atom stereocenters. The molecule has 5 heteroatoms. The fourth-order valence-electron chi connectivity index (χ4n) is 2.77. The Labute approximate surface area is 131 Å². The summed E-state index contributed by atoms with van der Waals surface area (Å²) in [5.74, 6) is 0.406. The van der Waals surface area contributed by atoms with Gasteiger partial charge < -0.3 is 15.3 Å². The molecule has 118 valence electrons. The molecule has 0 bridgehead atoms. The van der Waals surface area contributed by atoms with E-state index in [1.807, 2.05) is 6.07 Å². The van der Waals surface area contributed by atoms with Gasteiger partial charge in [-0.05, 0) is 63.2 Å². The van der Waals surface area contributed by atoms with E-state index in [1.54, 1.807) is 11.3 Å². The number of nitrogens with one attached hydrogen (secondary N) is 1. The predicted molar refractivity (Wildman–Crippen MR) is 86.5 cm³/mol. The Balaban J connectivity index is 1.59. The maximum absolute atomic E-state index is 12.1. The van der Waals surface area contributed by atoms with Crippen LogP contribution in [0, 0.1) is 5.92 Å². The fraction of sp³-hybridized carbons (Fsp3) is 0.688. The highest BCUT2D eigenvalue weighted by Crippen LogP contribution is 2.17. The van der Waals surface area contributed by atoms with Gasteiger partial charge in [0.05, 0.1) is 0 Å². The van der Waals surface area contributed by atoms with E-state index in [1.165, 1.54) is 4.88 Å². The number of likely N-dealkylation sites (tertiary alicyclic amines) is 1. The van der Waals surface area contributed by atoms with E-state index < -0.39 is 0 Å². The molecule has 1 aromatic rings. The summed E-state index contributed by atoms with van der Waals surface area (Å²) in [5.41, 5.74) is 0. The highest BCUT2D eigenvalue weighted by molar-refractivity contribution is 7.09. The van der Waals surface area contributed by atoms with Gasteiger partial charge in [-0.15, -0.1) is 11.3 Å². The first-order valence-electron chi connectivity index (χ1n) is 7.93. The van der Waals surface area contributed by atoms with Gasteiger partial charge in [0.15, 0.2) is 0 Å². The van der Waals surface area contributed by atoms with Gasteiger partial charge in [0.2, 0.25) is 5.91 Å². The number of amides is 1. The lowest BCUT2D eigenvalue weighted by Crippen LogP contribution is -2.41. The van der Waals surface area contributed by atoms with Gasteiger partial charge >= 0.3 is 0 Å². The van der Waals surface area contributed by atoms with Gasteiger partial charge in [0, 0.05) is 23.9 Å². The standard InChI is InChI=1S/C16H26N2O2S/c19-12-2-1-9-18-10-6-14(7-11-18)16(20)17-8-5-15-4-3-13-21-15/h3-4,13-14,19H,1-2,5-12H2,(H,17,20). The van der Waals surface area contributed by atoms with Crippen LogP contribution in [-0.4, -0.2) is 48.7 Å². The molecule has 2 rings (SSSR count). The molecule has 0 radical (unpaired) electrons. The number of carbonyl (C=O) groups is 1. The van der Waals surface area contributed by atoms with Gasteiger partial charge in [-0.25, -0.2) is 0 Å². The van der Waals surface area contributed by atoms with Crippen molar-refractivity contribution >= 4 is 17.2 Å². The zero-order chi connectivity index (χ0) is 14.9. The predicted octanol–water partition coefficient (Wildman–Crippen LogP) is 1.89. The Morgan fingerprint density at radius 1 is 1.38 bits per heavy atom. The first-order valence-corrected chi connectivity index (χ1v) is 8.81. The highest BCUT2D eigenvalue weighted by Gasteiger charge is 2.24. The lowest BCUT2D eigenvalue weighted by Gasteiger charge is -2.31. The van der Waals surface area contributed by atoms with Crippen molar-refractivity contribution in [2.45, 2.75) is 32.1 Å². The Hall–Kier alpha value is -0.910. The molecule has 0 aliphatic carbocycles. The molecule has 21 heavy (non-hydrogen) atoms. The van der Waals surface area contributed by atoms with Crippen LogP contribution >= 0.6 is 11.3 Å². The van der Waals surface area contributed by atoms with Gasteiger partial charge in [0.1, 0.15) is 0 Å². The molecular formula is C16H26N2O2S. The van der Waals surface area contributed by atoms with Crippen LogP contribution in [0.2, 0.25) is 0 Å². The molecule has 2 N–H and O–H groups in total. The number of piperidine rings is 1. The summed E-state index contributed by atoms with van der Waals surface area (Å²) in [6.07, 6.45) is 4.79. The average Bonchev–Trinajstić information content (AvgIpc) is 3.01. The summed E-state index contributed by atoms with van der Waals surface area (Å²) in [6, 6.07) is 4.16. The van der Waals surface area contributed by atoms with Crippen molar-refractivity contribution in [2.75, 3.05) is 32.8 Å². The minimum Gasteiger partial charge on any atom is -0.396 e. The summed E-state index contributed by atoms with van der Waals surface area (Å²) in [6.45, 7) is 4.09. The molecule has 2 heterocycles. The van der Waals surface area contributed by atoms with E-state index in [4.69, 9.17) is 5.11 Å². The lowest BCUT2D eigenvalue weighted by molar-refractivity contribution is -0.126. The zero-order valence-corrected chi connectivity index (χ0v) is 13.4. The van der Waals surface area contributed by atoms with E-state index in [0.29, 0.717) is 0 Å². The van der Waals surface area contributed by atoms with Gasteiger partial charge in [-0.2, -0.15) is 0 Å². The van der Waals surface area contributed by atoms with Crippen LogP contribution in [0.1, 0.15) is 30.6 Å². The topological polar surface area (TPSA) is 52.6 Å². The Morgan fingerprint density at radius 3 is 2.86 bits per heavy atom.